The number of aliphatic carboxylic acids is 1. The average Bonchev–Trinajstić information content (AvgIpc) is 2.30. The summed E-state index contributed by atoms with van der Waals surface area (Å²) in [5, 5.41) is 11.4. The van der Waals surface area contributed by atoms with Gasteiger partial charge < -0.3 is 16.2 Å². The van der Waals surface area contributed by atoms with Crippen LogP contribution < -0.4 is 11.1 Å². The molecule has 0 aliphatic carbocycles. The molecule has 0 heterocycles. The number of hydrogen-bond acceptors (Lipinski definition) is 3. The quantitative estimate of drug-likeness (QED) is 0.755. The van der Waals surface area contributed by atoms with Crippen LogP contribution in [0.5, 0.6) is 0 Å². The molecule has 19 heavy (non-hydrogen) atoms. The Labute approximate surface area is 118 Å². The van der Waals surface area contributed by atoms with Crippen LogP contribution >= 0.6 is 23.2 Å². The van der Waals surface area contributed by atoms with Crippen LogP contribution in [-0.4, -0.2) is 28.9 Å². The monoisotopic (exact) mass is 304 g/mol. The van der Waals surface area contributed by atoms with E-state index in [0.29, 0.717) is 0 Å². The summed E-state index contributed by atoms with van der Waals surface area (Å²) in [6.07, 6.45) is -0.515. The van der Waals surface area contributed by atoms with Gasteiger partial charge in [-0.1, -0.05) is 23.2 Å². The van der Waals surface area contributed by atoms with E-state index < -0.39 is 30.2 Å². The molecule has 1 aromatic carbocycles. The second-order valence-corrected chi connectivity index (χ2v) is 4.50. The zero-order valence-electron chi connectivity index (χ0n) is 9.52. The molecule has 1 aromatic rings. The summed E-state index contributed by atoms with van der Waals surface area (Å²) in [4.78, 5) is 33.4. The largest absolute Gasteiger partial charge is 0.480 e. The summed E-state index contributed by atoms with van der Waals surface area (Å²) in [5.74, 6) is -2.96. The molecule has 0 radical (unpaired) electrons. The van der Waals surface area contributed by atoms with Crippen molar-refractivity contribution in [3.8, 4) is 0 Å². The van der Waals surface area contributed by atoms with E-state index in [-0.39, 0.29) is 15.6 Å². The highest BCUT2D eigenvalue weighted by Crippen LogP contribution is 2.20. The minimum Gasteiger partial charge on any atom is -0.480 e. The number of primary amides is 1. The fraction of sp³-hybridized carbons (Fsp3) is 0.182. The van der Waals surface area contributed by atoms with Crippen molar-refractivity contribution in [1.29, 1.82) is 0 Å². The predicted molar refractivity (Wildman–Crippen MR) is 69.2 cm³/mol. The van der Waals surface area contributed by atoms with E-state index in [1.54, 1.807) is 0 Å². The van der Waals surface area contributed by atoms with Gasteiger partial charge in [0.15, 0.2) is 0 Å². The first-order chi connectivity index (χ1) is 8.81. The van der Waals surface area contributed by atoms with Crippen molar-refractivity contribution in [1.82, 2.24) is 5.32 Å². The molecule has 8 heteroatoms. The lowest BCUT2D eigenvalue weighted by Crippen LogP contribution is -2.43. The van der Waals surface area contributed by atoms with Crippen molar-refractivity contribution in [3.63, 3.8) is 0 Å². The van der Waals surface area contributed by atoms with Gasteiger partial charge in [0.05, 0.1) is 17.0 Å². The molecule has 0 aromatic heterocycles. The molecular weight excluding hydrogens is 295 g/mol. The first-order valence-corrected chi connectivity index (χ1v) is 5.84. The SMILES string of the molecule is NC(=O)CC(NC(=O)c1cc(Cl)ccc1Cl)C(=O)O. The number of nitrogens with two attached hydrogens (primary N) is 1. The van der Waals surface area contributed by atoms with Gasteiger partial charge in [0.1, 0.15) is 6.04 Å². The predicted octanol–water partition coefficient (Wildman–Crippen LogP) is 1.05. The molecule has 0 aliphatic heterocycles. The van der Waals surface area contributed by atoms with Crippen LogP contribution in [0, 0.1) is 0 Å². The Kier molecular flexibility index (Phi) is 5.14. The number of halogens is 2. The summed E-state index contributed by atoms with van der Waals surface area (Å²) in [7, 11) is 0. The number of hydrogen-bond donors (Lipinski definition) is 3. The average molecular weight is 305 g/mol. The van der Waals surface area contributed by atoms with Crippen LogP contribution in [0.25, 0.3) is 0 Å². The third-order valence-electron chi connectivity index (χ3n) is 2.18. The van der Waals surface area contributed by atoms with Gasteiger partial charge in [-0.3, -0.25) is 9.59 Å². The van der Waals surface area contributed by atoms with Gasteiger partial charge in [-0.15, -0.1) is 0 Å². The summed E-state index contributed by atoms with van der Waals surface area (Å²) in [6.45, 7) is 0. The maximum absolute atomic E-state index is 11.8. The number of carbonyl (C=O) groups excluding carboxylic acids is 2. The van der Waals surface area contributed by atoms with Crippen molar-refractivity contribution in [2.24, 2.45) is 5.73 Å². The minimum atomic E-state index is -1.42. The highest BCUT2D eigenvalue weighted by atomic mass is 35.5. The molecular formula is C11H10Cl2N2O4. The number of rotatable bonds is 5. The number of amides is 2. The van der Waals surface area contributed by atoms with Crippen LogP contribution in [0.15, 0.2) is 18.2 Å². The molecule has 0 spiro atoms. The summed E-state index contributed by atoms with van der Waals surface area (Å²) < 4.78 is 0. The maximum atomic E-state index is 11.8. The third kappa shape index (κ3) is 4.42. The lowest BCUT2D eigenvalue weighted by molar-refractivity contribution is -0.140. The highest BCUT2D eigenvalue weighted by molar-refractivity contribution is 6.35. The van der Waals surface area contributed by atoms with Crippen LogP contribution in [0.3, 0.4) is 0 Å². The molecule has 0 aliphatic rings. The molecule has 4 N–H and O–H groups in total. The van der Waals surface area contributed by atoms with E-state index in [1.807, 2.05) is 0 Å². The van der Waals surface area contributed by atoms with Crippen LogP contribution in [0.1, 0.15) is 16.8 Å². The number of carboxylic acids is 1. The van der Waals surface area contributed by atoms with Gasteiger partial charge in [0.25, 0.3) is 5.91 Å². The number of benzene rings is 1. The first kappa shape index (κ1) is 15.3. The zero-order valence-corrected chi connectivity index (χ0v) is 11.0. The van der Waals surface area contributed by atoms with Crippen molar-refractivity contribution in [2.75, 3.05) is 0 Å². The van der Waals surface area contributed by atoms with E-state index in [9.17, 15) is 14.4 Å². The fourth-order valence-electron chi connectivity index (χ4n) is 1.31. The molecule has 0 bridgehead atoms. The van der Waals surface area contributed by atoms with Gasteiger partial charge in [0, 0.05) is 5.02 Å². The Balaban J connectivity index is 2.90. The molecule has 6 nitrogen and oxygen atoms in total. The Morgan fingerprint density at radius 3 is 2.47 bits per heavy atom. The fourth-order valence-corrected chi connectivity index (χ4v) is 1.68. The Morgan fingerprint density at radius 2 is 1.95 bits per heavy atom. The van der Waals surface area contributed by atoms with Crippen molar-refractivity contribution in [3.05, 3.63) is 33.8 Å². The van der Waals surface area contributed by atoms with E-state index >= 15 is 0 Å². The van der Waals surface area contributed by atoms with Crippen LogP contribution in [-0.2, 0) is 9.59 Å². The molecule has 2 amide bonds. The highest BCUT2D eigenvalue weighted by Gasteiger charge is 2.23. The van der Waals surface area contributed by atoms with Crippen LogP contribution in [0.2, 0.25) is 10.0 Å². The summed E-state index contributed by atoms with van der Waals surface area (Å²) in [5.41, 5.74) is 4.92. The van der Waals surface area contributed by atoms with E-state index in [4.69, 9.17) is 34.0 Å². The number of carboxylic acid groups (broad SMARTS) is 1. The van der Waals surface area contributed by atoms with Gasteiger partial charge in [-0.2, -0.15) is 0 Å². The van der Waals surface area contributed by atoms with Crippen LogP contribution in [0.4, 0.5) is 0 Å². The molecule has 1 rings (SSSR count). The Bertz CT molecular complexity index is 533. The lowest BCUT2D eigenvalue weighted by atomic mass is 10.1. The maximum Gasteiger partial charge on any atom is 0.326 e. The molecule has 1 unspecified atom stereocenters. The summed E-state index contributed by atoms with van der Waals surface area (Å²) >= 11 is 11.5. The van der Waals surface area contributed by atoms with Gasteiger partial charge in [0.2, 0.25) is 5.91 Å². The first-order valence-electron chi connectivity index (χ1n) is 5.08. The normalized spacial score (nSPS) is 11.7. The number of nitrogens with one attached hydrogen (secondary N) is 1. The third-order valence-corrected chi connectivity index (χ3v) is 2.75. The molecule has 1 atom stereocenters. The number of carbonyl (C=O) groups is 3. The Morgan fingerprint density at radius 1 is 1.32 bits per heavy atom. The van der Waals surface area contributed by atoms with Gasteiger partial charge >= 0.3 is 5.97 Å². The smallest absolute Gasteiger partial charge is 0.326 e. The second-order valence-electron chi connectivity index (χ2n) is 3.66. The van der Waals surface area contributed by atoms with E-state index in [0.717, 1.165) is 0 Å². The zero-order chi connectivity index (χ0) is 14.6. The topological polar surface area (TPSA) is 109 Å². The van der Waals surface area contributed by atoms with E-state index in [2.05, 4.69) is 5.32 Å². The summed E-state index contributed by atoms with van der Waals surface area (Å²) in [6, 6.07) is 2.77. The molecule has 102 valence electrons. The molecule has 0 saturated heterocycles. The van der Waals surface area contributed by atoms with Crippen molar-refractivity contribution >= 4 is 41.0 Å². The minimum absolute atomic E-state index is 0.0184. The van der Waals surface area contributed by atoms with Crippen molar-refractivity contribution in [2.45, 2.75) is 12.5 Å². The molecule has 0 saturated carbocycles. The Hall–Kier alpha value is -1.79. The molecule has 0 fully saturated rings. The lowest BCUT2D eigenvalue weighted by Gasteiger charge is -2.13. The van der Waals surface area contributed by atoms with Gasteiger partial charge in [-0.25, -0.2) is 4.79 Å². The van der Waals surface area contributed by atoms with Gasteiger partial charge in [-0.05, 0) is 18.2 Å². The standard InChI is InChI=1S/C11H10Cl2N2O4/c12-5-1-2-7(13)6(3-5)10(17)15-8(11(18)19)4-9(14)16/h1-3,8H,4H2,(H2,14,16)(H,15,17)(H,18,19). The van der Waals surface area contributed by atoms with E-state index in [1.165, 1.54) is 18.2 Å². The second kappa shape index (κ2) is 6.40. The van der Waals surface area contributed by atoms with Crippen molar-refractivity contribution < 1.29 is 19.5 Å².